The van der Waals surface area contributed by atoms with Gasteiger partial charge in [0.25, 0.3) is 0 Å². The molecule has 8 nitrogen and oxygen atoms in total. The number of hydrogen-bond donors (Lipinski definition) is 2. The van der Waals surface area contributed by atoms with E-state index in [-0.39, 0.29) is 37.4 Å². The van der Waals surface area contributed by atoms with E-state index in [4.69, 9.17) is 14.0 Å². The molecule has 11 heteroatoms. The van der Waals surface area contributed by atoms with Crippen molar-refractivity contribution in [1.29, 1.82) is 0 Å². The van der Waals surface area contributed by atoms with Crippen LogP contribution in [0.3, 0.4) is 0 Å². The van der Waals surface area contributed by atoms with Crippen LogP contribution in [0.5, 0.6) is 0 Å². The molecule has 0 aliphatic carbocycles. The third kappa shape index (κ3) is 5.03. The molecule has 2 aliphatic rings. The van der Waals surface area contributed by atoms with E-state index in [1.54, 1.807) is 23.4 Å². The Morgan fingerprint density at radius 2 is 1.96 bits per heavy atom. The monoisotopic (exact) mass is 347 g/mol. The van der Waals surface area contributed by atoms with Crippen molar-refractivity contribution < 1.29 is 23.7 Å². The summed E-state index contributed by atoms with van der Waals surface area (Å²) >= 11 is 0. The number of aliphatic hydroxyl groups is 1. The smallest absolute Gasteiger partial charge is 0.345 e. The van der Waals surface area contributed by atoms with Gasteiger partial charge in [-0.15, -0.1) is 0 Å². The summed E-state index contributed by atoms with van der Waals surface area (Å²) in [6.07, 6.45) is -0.456. The lowest BCUT2D eigenvalue weighted by Gasteiger charge is -2.42. The predicted molar refractivity (Wildman–Crippen MR) is 93.2 cm³/mol. The summed E-state index contributed by atoms with van der Waals surface area (Å²) in [5.74, 6) is 0. The van der Waals surface area contributed by atoms with E-state index < -0.39 is 7.67 Å². The molecule has 2 fully saturated rings. The summed E-state index contributed by atoms with van der Waals surface area (Å²) in [6.45, 7) is 2.57. The van der Waals surface area contributed by atoms with E-state index in [1.165, 1.54) is 0 Å². The maximum atomic E-state index is 13.4. The van der Waals surface area contributed by atoms with Crippen LogP contribution in [0.25, 0.3) is 0 Å². The molecular weight excluding hydrogens is 319 g/mol. The summed E-state index contributed by atoms with van der Waals surface area (Å²) < 4.78 is 34.1. The molecule has 23 heavy (non-hydrogen) atoms. The van der Waals surface area contributed by atoms with Gasteiger partial charge in [0.1, 0.15) is 15.7 Å². The molecule has 132 valence electrons. The predicted octanol–water partition coefficient (Wildman–Crippen LogP) is -2.73. The number of ether oxygens (including phenoxy) is 2. The van der Waals surface area contributed by atoms with Gasteiger partial charge in [0, 0.05) is 38.2 Å². The van der Waals surface area contributed by atoms with Gasteiger partial charge in [-0.2, -0.15) is 0 Å². The Kier molecular flexibility index (Phi) is 7.13. The Morgan fingerprint density at radius 3 is 2.57 bits per heavy atom. The second kappa shape index (κ2) is 8.45. The molecule has 0 amide bonds. The van der Waals surface area contributed by atoms with Gasteiger partial charge in [-0.05, 0) is 14.1 Å². The van der Waals surface area contributed by atoms with Crippen molar-refractivity contribution in [2.24, 2.45) is 0 Å². The van der Waals surface area contributed by atoms with Crippen molar-refractivity contribution in [3.63, 3.8) is 0 Å². The van der Waals surface area contributed by atoms with Gasteiger partial charge in [-0.3, -0.25) is 4.57 Å². The molecule has 0 aromatic heterocycles. The molecule has 0 radical (unpaired) electrons. The molecule has 2 aliphatic heterocycles. The first-order chi connectivity index (χ1) is 10.8. The quantitative estimate of drug-likeness (QED) is 0.396. The molecule has 0 bridgehead atoms. The van der Waals surface area contributed by atoms with Gasteiger partial charge < -0.3 is 24.4 Å². The van der Waals surface area contributed by atoms with Crippen molar-refractivity contribution in [3.8, 4) is 0 Å². The lowest BCUT2D eigenvalue weighted by Crippen LogP contribution is -2.50. The largest absolute Gasteiger partial charge is 0.394 e. The average Bonchev–Trinajstić information content (AvgIpc) is 2.51. The lowest BCUT2D eigenvalue weighted by atomic mass is 9.98. The van der Waals surface area contributed by atoms with Crippen molar-refractivity contribution in [2.45, 2.75) is 24.2 Å². The number of rotatable bonds is 6. The zero-order valence-corrected chi connectivity index (χ0v) is 15.4. The third-order valence-corrected chi connectivity index (χ3v) is 6.57. The first kappa shape index (κ1) is 19.4. The molecule has 0 aromatic carbocycles. The minimum Gasteiger partial charge on any atom is -0.394 e. The van der Waals surface area contributed by atoms with Crippen LogP contribution in [-0.4, -0.2) is 108 Å². The second-order valence-electron chi connectivity index (χ2n) is 6.48. The van der Waals surface area contributed by atoms with Crippen LogP contribution >= 0.6 is 7.67 Å². The molecule has 2 heterocycles. The Labute approximate surface area is 140 Å². The second-order valence-corrected chi connectivity index (χ2v) is 9.09. The maximum absolute atomic E-state index is 13.4. The summed E-state index contributed by atoms with van der Waals surface area (Å²) in [7, 11) is 4.23. The van der Waals surface area contributed by atoms with Gasteiger partial charge >= 0.3 is 7.67 Å². The van der Waals surface area contributed by atoms with E-state index >= 15 is 0 Å². The Bertz CT molecular complexity index is 434. The Hall–Kier alpha value is 0.0799. The molecule has 5 unspecified atom stereocenters. The summed E-state index contributed by atoms with van der Waals surface area (Å²) in [5, 5.41) is 12.6. The number of nitrogens with one attached hydrogen (secondary N) is 1. The van der Waals surface area contributed by atoms with Crippen LogP contribution in [0.15, 0.2) is 0 Å². The molecule has 2 rings (SSSR count). The van der Waals surface area contributed by atoms with Crippen LogP contribution in [0.4, 0.5) is 0 Å². The zero-order chi connectivity index (χ0) is 17.0. The normalized spacial score (nSPS) is 36.0. The fraction of sp³-hybridized carbons (Fsp3) is 1.00. The third-order valence-electron chi connectivity index (χ3n) is 4.03. The summed E-state index contributed by atoms with van der Waals surface area (Å²) in [5.41, 5.74) is 0. The van der Waals surface area contributed by atoms with E-state index in [0.717, 1.165) is 6.54 Å². The van der Waals surface area contributed by atoms with E-state index in [9.17, 15) is 9.67 Å². The fourth-order valence-electron chi connectivity index (χ4n) is 2.93. The SMILES string of the molecule is BC1CNCC(COP(=O)(N(C)C)N2CC(B)OC(CO)C2)O1. The highest BCUT2D eigenvalue weighted by molar-refractivity contribution is 7.53. The number of aliphatic hydroxyl groups excluding tert-OH is 1. The maximum Gasteiger partial charge on any atom is 0.345 e. The van der Waals surface area contributed by atoms with Crippen LogP contribution < -0.4 is 5.32 Å². The van der Waals surface area contributed by atoms with Crippen molar-refractivity contribution in [1.82, 2.24) is 14.7 Å². The van der Waals surface area contributed by atoms with E-state index in [0.29, 0.717) is 19.6 Å². The van der Waals surface area contributed by atoms with Crippen LogP contribution in [0.1, 0.15) is 0 Å². The Balaban J connectivity index is 2.01. The average molecular weight is 347 g/mol. The number of nitrogens with zero attached hydrogens (tertiary/aromatic N) is 2. The zero-order valence-electron chi connectivity index (χ0n) is 14.5. The molecule has 2 saturated heterocycles. The molecule has 0 aromatic rings. The number of morpholine rings is 2. The molecule has 0 spiro atoms. The van der Waals surface area contributed by atoms with Gasteiger partial charge in [0.05, 0.1) is 25.4 Å². The fourth-order valence-corrected chi connectivity index (χ4v) is 5.01. The topological polar surface area (TPSA) is 83.5 Å². The van der Waals surface area contributed by atoms with Gasteiger partial charge in [0.2, 0.25) is 0 Å². The van der Waals surface area contributed by atoms with Crippen molar-refractivity contribution >= 4 is 23.4 Å². The van der Waals surface area contributed by atoms with Crippen LogP contribution in [-0.2, 0) is 18.6 Å². The van der Waals surface area contributed by atoms with E-state index in [2.05, 4.69) is 5.32 Å². The van der Waals surface area contributed by atoms with Crippen molar-refractivity contribution in [2.75, 3.05) is 53.5 Å². The van der Waals surface area contributed by atoms with E-state index in [1.807, 2.05) is 15.7 Å². The van der Waals surface area contributed by atoms with Gasteiger partial charge in [0.15, 0.2) is 0 Å². The van der Waals surface area contributed by atoms with Crippen molar-refractivity contribution in [3.05, 3.63) is 0 Å². The standard InChI is InChI=1S/C12H28B2N3O5P/c1-16(2)23(19,17-5-10(7-18)22-12(14)6-17)20-8-9-3-15-4-11(13)21-9/h9-12,15,18H,3-8,13-14H2,1-2H3. The first-order valence-electron chi connectivity index (χ1n) is 8.15. The first-order valence-corrected chi connectivity index (χ1v) is 9.68. The van der Waals surface area contributed by atoms with Crippen LogP contribution in [0, 0.1) is 0 Å². The number of hydrogen-bond acceptors (Lipinski definition) is 6. The highest BCUT2D eigenvalue weighted by atomic mass is 31.2. The lowest BCUT2D eigenvalue weighted by molar-refractivity contribution is -0.0586. The molecule has 0 saturated carbocycles. The highest BCUT2D eigenvalue weighted by Crippen LogP contribution is 2.53. The summed E-state index contributed by atoms with van der Waals surface area (Å²) in [4.78, 5) is 0. The minimum absolute atomic E-state index is 0.0958. The minimum atomic E-state index is -3.17. The molecule has 2 N–H and O–H groups in total. The Morgan fingerprint density at radius 1 is 1.26 bits per heavy atom. The van der Waals surface area contributed by atoms with Gasteiger partial charge in [-0.1, -0.05) is 0 Å². The summed E-state index contributed by atoms with van der Waals surface area (Å²) in [6, 6.07) is 0.0173. The van der Waals surface area contributed by atoms with Gasteiger partial charge in [-0.25, -0.2) is 9.34 Å². The molecule has 5 atom stereocenters. The van der Waals surface area contributed by atoms with Crippen LogP contribution in [0.2, 0.25) is 0 Å². The highest BCUT2D eigenvalue weighted by Gasteiger charge is 2.40. The molecular formula is C12H28B2N3O5P.